The number of hydrogen-bond acceptors (Lipinski definition) is 3. The summed E-state index contributed by atoms with van der Waals surface area (Å²) in [5.41, 5.74) is 0.0520. The van der Waals surface area contributed by atoms with Gasteiger partial charge in [0.1, 0.15) is 0 Å². The first-order chi connectivity index (χ1) is 7.68. The molecule has 1 N–H and O–H groups in total. The number of rotatable bonds is 1. The second kappa shape index (κ2) is 4.55. The third kappa shape index (κ3) is 2.18. The van der Waals surface area contributed by atoms with Gasteiger partial charge in [-0.25, -0.2) is 4.79 Å². The number of aryl methyl sites for hydroxylation is 1. The number of hydrogen-bond donors (Lipinski definition) is 1. The van der Waals surface area contributed by atoms with E-state index in [1.54, 1.807) is 6.92 Å². The lowest BCUT2D eigenvalue weighted by Gasteiger charge is -2.23. The fourth-order valence-electron chi connectivity index (χ4n) is 2.13. The Labute approximate surface area is 93.7 Å². The van der Waals surface area contributed by atoms with Gasteiger partial charge in [-0.1, -0.05) is 12.8 Å². The van der Waals surface area contributed by atoms with Gasteiger partial charge in [0.05, 0.1) is 0 Å². The fourth-order valence-corrected chi connectivity index (χ4v) is 2.13. The molecule has 0 aromatic carbocycles. The number of aromatic nitrogens is 2. The van der Waals surface area contributed by atoms with E-state index >= 15 is 0 Å². The minimum Gasteiger partial charge on any atom is -0.310 e. The highest BCUT2D eigenvalue weighted by Crippen LogP contribution is 2.06. The maximum absolute atomic E-state index is 11.8. The fraction of sp³-hybridized carbons (Fsp3) is 0.636. The van der Waals surface area contributed by atoms with Crippen molar-refractivity contribution in [3.05, 3.63) is 32.6 Å². The van der Waals surface area contributed by atoms with Crippen molar-refractivity contribution in [3.8, 4) is 0 Å². The van der Waals surface area contributed by atoms with Crippen LogP contribution in [0, 0.1) is 6.92 Å². The number of nitrogens with zero attached hydrogens (tertiary/aromatic N) is 2. The van der Waals surface area contributed by atoms with Crippen LogP contribution in [0.5, 0.6) is 0 Å². The maximum Gasteiger partial charge on any atom is 0.347 e. The molecular formula is C11H17N3O2. The summed E-state index contributed by atoms with van der Waals surface area (Å²) < 4.78 is 1.23. The van der Waals surface area contributed by atoms with Gasteiger partial charge in [-0.3, -0.25) is 4.79 Å². The Balaban J connectivity index is 2.39. The topological polar surface area (TPSA) is 58.1 Å². The van der Waals surface area contributed by atoms with Crippen LogP contribution in [0.3, 0.4) is 0 Å². The smallest absolute Gasteiger partial charge is 0.310 e. The normalized spacial score (nSPS) is 17.2. The Kier molecular flexibility index (Phi) is 3.12. The van der Waals surface area contributed by atoms with Gasteiger partial charge in [-0.05, 0) is 19.8 Å². The summed E-state index contributed by atoms with van der Waals surface area (Å²) in [6, 6.07) is 1.46. The van der Waals surface area contributed by atoms with Crippen LogP contribution in [0.15, 0.2) is 15.7 Å². The van der Waals surface area contributed by atoms with Crippen LogP contribution in [0.4, 0.5) is 0 Å². The van der Waals surface area contributed by atoms with E-state index in [1.165, 1.54) is 23.6 Å². The molecule has 1 aliphatic rings. The van der Waals surface area contributed by atoms with E-state index in [0.29, 0.717) is 5.69 Å². The standard InChI is InChI=1S/C11H17N3O2/c1-9-8-10(15)14(11(16)12-9)13-6-4-2-3-5-7-13/h8H,2-7H2,1H3,(H,12,16). The Morgan fingerprint density at radius 3 is 2.31 bits per heavy atom. The van der Waals surface area contributed by atoms with E-state index in [1.807, 2.05) is 5.01 Å². The molecule has 0 spiro atoms. The van der Waals surface area contributed by atoms with Crippen molar-refractivity contribution in [1.82, 2.24) is 9.66 Å². The third-order valence-electron chi connectivity index (χ3n) is 2.91. The monoisotopic (exact) mass is 223 g/mol. The predicted octanol–water partition coefficient (Wildman–Crippen LogP) is 0.357. The van der Waals surface area contributed by atoms with Gasteiger partial charge < -0.3 is 9.99 Å². The van der Waals surface area contributed by atoms with Crippen molar-refractivity contribution in [2.24, 2.45) is 0 Å². The maximum atomic E-state index is 11.8. The molecule has 2 rings (SSSR count). The Bertz CT molecular complexity index is 436. The van der Waals surface area contributed by atoms with E-state index in [-0.39, 0.29) is 11.2 Å². The average molecular weight is 223 g/mol. The molecule has 1 aliphatic heterocycles. The van der Waals surface area contributed by atoms with E-state index in [2.05, 4.69) is 4.98 Å². The van der Waals surface area contributed by atoms with E-state index in [9.17, 15) is 9.59 Å². The molecule has 0 unspecified atom stereocenters. The van der Waals surface area contributed by atoms with Crippen molar-refractivity contribution in [2.45, 2.75) is 32.6 Å². The Morgan fingerprint density at radius 2 is 1.75 bits per heavy atom. The van der Waals surface area contributed by atoms with Crippen LogP contribution in [-0.2, 0) is 0 Å². The molecule has 1 fully saturated rings. The van der Waals surface area contributed by atoms with Crippen LogP contribution < -0.4 is 16.3 Å². The quantitative estimate of drug-likeness (QED) is 0.747. The van der Waals surface area contributed by atoms with Gasteiger partial charge in [0.2, 0.25) is 0 Å². The van der Waals surface area contributed by atoms with Crippen LogP contribution >= 0.6 is 0 Å². The zero-order valence-electron chi connectivity index (χ0n) is 9.53. The average Bonchev–Trinajstić information content (AvgIpc) is 2.44. The molecule has 0 bridgehead atoms. The van der Waals surface area contributed by atoms with Crippen LogP contribution in [0.1, 0.15) is 31.4 Å². The van der Waals surface area contributed by atoms with Crippen molar-refractivity contribution >= 4 is 0 Å². The number of aromatic amines is 1. The molecule has 0 atom stereocenters. The van der Waals surface area contributed by atoms with Crippen LogP contribution in [-0.4, -0.2) is 22.7 Å². The minimum absolute atomic E-state index is 0.233. The summed E-state index contributed by atoms with van der Waals surface area (Å²) in [5, 5.41) is 1.85. The first-order valence-corrected chi connectivity index (χ1v) is 5.77. The second-order valence-electron chi connectivity index (χ2n) is 4.28. The third-order valence-corrected chi connectivity index (χ3v) is 2.91. The zero-order valence-corrected chi connectivity index (χ0v) is 9.53. The lowest BCUT2D eigenvalue weighted by atomic mass is 10.2. The molecule has 0 radical (unpaired) electrons. The molecule has 1 aromatic rings. The van der Waals surface area contributed by atoms with Gasteiger partial charge in [0.25, 0.3) is 5.56 Å². The van der Waals surface area contributed by atoms with Crippen molar-refractivity contribution in [2.75, 3.05) is 18.1 Å². The molecule has 0 amide bonds. The molecule has 16 heavy (non-hydrogen) atoms. The predicted molar refractivity (Wildman–Crippen MR) is 62.5 cm³/mol. The van der Waals surface area contributed by atoms with E-state index in [4.69, 9.17) is 0 Å². The summed E-state index contributed by atoms with van der Waals surface area (Å²) in [5.74, 6) is 0. The first kappa shape index (κ1) is 11.0. The van der Waals surface area contributed by atoms with Gasteiger partial charge in [0.15, 0.2) is 0 Å². The van der Waals surface area contributed by atoms with E-state index < -0.39 is 0 Å². The van der Waals surface area contributed by atoms with Crippen molar-refractivity contribution in [1.29, 1.82) is 0 Å². The van der Waals surface area contributed by atoms with Crippen LogP contribution in [0.2, 0.25) is 0 Å². The molecule has 5 nitrogen and oxygen atoms in total. The highest BCUT2D eigenvalue weighted by atomic mass is 16.2. The van der Waals surface area contributed by atoms with Gasteiger partial charge in [0, 0.05) is 24.8 Å². The summed E-state index contributed by atoms with van der Waals surface area (Å²) >= 11 is 0. The van der Waals surface area contributed by atoms with Crippen molar-refractivity contribution < 1.29 is 0 Å². The Morgan fingerprint density at radius 1 is 1.12 bits per heavy atom. The second-order valence-corrected chi connectivity index (χ2v) is 4.28. The lowest BCUT2D eigenvalue weighted by Crippen LogP contribution is -2.50. The molecule has 5 heteroatoms. The van der Waals surface area contributed by atoms with Gasteiger partial charge >= 0.3 is 5.69 Å². The lowest BCUT2D eigenvalue weighted by molar-refractivity contribution is 0.544. The largest absolute Gasteiger partial charge is 0.347 e. The zero-order chi connectivity index (χ0) is 11.5. The summed E-state index contributed by atoms with van der Waals surface area (Å²) in [6.07, 6.45) is 4.43. The molecule has 1 aromatic heterocycles. The molecule has 2 heterocycles. The summed E-state index contributed by atoms with van der Waals surface area (Å²) in [7, 11) is 0. The molecule has 0 saturated carbocycles. The number of nitrogens with one attached hydrogen (secondary N) is 1. The van der Waals surface area contributed by atoms with Gasteiger partial charge in [-0.2, -0.15) is 4.68 Å². The highest BCUT2D eigenvalue weighted by Gasteiger charge is 2.13. The highest BCUT2D eigenvalue weighted by molar-refractivity contribution is 5.00. The summed E-state index contributed by atoms with van der Waals surface area (Å²) in [4.78, 5) is 26.2. The molecule has 1 saturated heterocycles. The SMILES string of the molecule is Cc1cc(=O)n(N2CCCCCC2)c(=O)[nH]1. The van der Waals surface area contributed by atoms with Gasteiger partial charge in [-0.15, -0.1) is 0 Å². The molecule has 0 aliphatic carbocycles. The molecule has 88 valence electrons. The Hall–Kier alpha value is -1.52. The minimum atomic E-state index is -0.327. The van der Waals surface area contributed by atoms with E-state index in [0.717, 1.165) is 25.9 Å². The molecular weight excluding hydrogens is 206 g/mol. The van der Waals surface area contributed by atoms with Crippen LogP contribution in [0.25, 0.3) is 0 Å². The van der Waals surface area contributed by atoms with Crippen molar-refractivity contribution in [3.63, 3.8) is 0 Å². The number of H-pyrrole nitrogens is 1. The first-order valence-electron chi connectivity index (χ1n) is 5.77. The summed E-state index contributed by atoms with van der Waals surface area (Å²) in [6.45, 7) is 3.29.